The highest BCUT2D eigenvalue weighted by Gasteiger charge is 2.18. The largest absolute Gasteiger partial charge is 0.378 e. The summed E-state index contributed by atoms with van der Waals surface area (Å²) in [6, 6.07) is 0.360. The number of hydrogen-bond donors (Lipinski definition) is 1. The number of hydrogen-bond acceptors (Lipinski definition) is 7. The van der Waals surface area contributed by atoms with Crippen LogP contribution in [0.25, 0.3) is 0 Å². The molecule has 1 atom stereocenters. The highest BCUT2D eigenvalue weighted by molar-refractivity contribution is 5.43. The molecule has 19 heavy (non-hydrogen) atoms. The first-order valence-corrected chi connectivity index (χ1v) is 6.69. The summed E-state index contributed by atoms with van der Waals surface area (Å²) >= 11 is 0. The van der Waals surface area contributed by atoms with Crippen LogP contribution in [0.4, 0.5) is 17.8 Å². The van der Waals surface area contributed by atoms with Gasteiger partial charge in [-0.1, -0.05) is 6.92 Å². The molecular weight excluding hydrogens is 244 g/mol. The summed E-state index contributed by atoms with van der Waals surface area (Å²) in [5.41, 5.74) is 5.80. The summed E-state index contributed by atoms with van der Waals surface area (Å²) in [5.74, 6) is 1.53. The molecule has 7 heteroatoms. The molecular formula is C12H22N6O. The number of morpholine rings is 1. The van der Waals surface area contributed by atoms with Gasteiger partial charge in [0.15, 0.2) is 0 Å². The Kier molecular flexibility index (Phi) is 4.36. The van der Waals surface area contributed by atoms with E-state index in [1.807, 2.05) is 11.9 Å². The van der Waals surface area contributed by atoms with Crippen LogP contribution in [0.3, 0.4) is 0 Å². The Morgan fingerprint density at radius 3 is 2.63 bits per heavy atom. The molecule has 1 aromatic heterocycles. The number of anilines is 3. The molecule has 2 N–H and O–H groups in total. The maximum atomic E-state index is 5.80. The van der Waals surface area contributed by atoms with Gasteiger partial charge < -0.3 is 20.3 Å². The minimum atomic E-state index is 0.265. The summed E-state index contributed by atoms with van der Waals surface area (Å²) in [6.45, 7) is 7.24. The quantitative estimate of drug-likeness (QED) is 0.851. The lowest BCUT2D eigenvalue weighted by atomic mass is 10.2. The number of ether oxygens (including phenoxy) is 1. The minimum Gasteiger partial charge on any atom is -0.378 e. The minimum absolute atomic E-state index is 0.265. The van der Waals surface area contributed by atoms with Crippen molar-refractivity contribution in [3.05, 3.63) is 0 Å². The van der Waals surface area contributed by atoms with Crippen molar-refractivity contribution in [2.45, 2.75) is 26.3 Å². The third-order valence-corrected chi connectivity index (χ3v) is 3.49. The second-order valence-electron chi connectivity index (χ2n) is 4.76. The number of nitrogens with two attached hydrogens (primary N) is 1. The van der Waals surface area contributed by atoms with Crippen molar-refractivity contribution in [1.29, 1.82) is 0 Å². The topological polar surface area (TPSA) is 80.4 Å². The fourth-order valence-corrected chi connectivity index (χ4v) is 1.90. The molecule has 0 spiro atoms. The van der Waals surface area contributed by atoms with Crippen LogP contribution >= 0.6 is 0 Å². The summed E-state index contributed by atoms with van der Waals surface area (Å²) in [6.07, 6.45) is 1.02. The molecule has 1 aromatic rings. The van der Waals surface area contributed by atoms with Crippen LogP contribution in [0.1, 0.15) is 20.3 Å². The average molecular weight is 266 g/mol. The van der Waals surface area contributed by atoms with Crippen LogP contribution in [0.5, 0.6) is 0 Å². The molecule has 0 aliphatic carbocycles. The zero-order valence-corrected chi connectivity index (χ0v) is 11.8. The Labute approximate surface area is 113 Å². The van der Waals surface area contributed by atoms with Crippen molar-refractivity contribution >= 4 is 17.8 Å². The van der Waals surface area contributed by atoms with Crippen molar-refractivity contribution < 1.29 is 4.74 Å². The van der Waals surface area contributed by atoms with E-state index in [4.69, 9.17) is 10.5 Å². The van der Waals surface area contributed by atoms with E-state index in [2.05, 4.69) is 33.7 Å². The monoisotopic (exact) mass is 266 g/mol. The molecule has 0 aromatic carbocycles. The van der Waals surface area contributed by atoms with Gasteiger partial charge in [-0.3, -0.25) is 0 Å². The lowest BCUT2D eigenvalue weighted by Gasteiger charge is -2.28. The number of aromatic nitrogens is 3. The van der Waals surface area contributed by atoms with E-state index in [1.165, 1.54) is 0 Å². The van der Waals surface area contributed by atoms with Gasteiger partial charge in [0.2, 0.25) is 17.8 Å². The molecule has 0 bridgehead atoms. The fourth-order valence-electron chi connectivity index (χ4n) is 1.90. The average Bonchev–Trinajstić information content (AvgIpc) is 2.46. The van der Waals surface area contributed by atoms with E-state index in [9.17, 15) is 0 Å². The summed E-state index contributed by atoms with van der Waals surface area (Å²) < 4.78 is 5.33. The number of nitrogen functional groups attached to an aromatic ring is 1. The highest BCUT2D eigenvalue weighted by atomic mass is 16.5. The predicted octanol–water partition coefficient (Wildman–Crippen LogP) is 0.525. The first kappa shape index (κ1) is 13.8. The van der Waals surface area contributed by atoms with Gasteiger partial charge in [0, 0.05) is 26.2 Å². The normalized spacial score (nSPS) is 17.3. The van der Waals surface area contributed by atoms with Gasteiger partial charge in [-0.15, -0.1) is 0 Å². The summed E-state index contributed by atoms with van der Waals surface area (Å²) in [7, 11) is 1.98. The second-order valence-corrected chi connectivity index (χ2v) is 4.76. The van der Waals surface area contributed by atoms with Gasteiger partial charge in [-0.2, -0.15) is 15.0 Å². The third kappa shape index (κ3) is 3.23. The van der Waals surface area contributed by atoms with Crippen LogP contribution < -0.4 is 15.5 Å². The summed E-state index contributed by atoms with van der Waals surface area (Å²) in [4.78, 5) is 17.1. The molecule has 0 amide bonds. The van der Waals surface area contributed by atoms with Crippen LogP contribution in [0, 0.1) is 0 Å². The molecule has 1 aliphatic heterocycles. The van der Waals surface area contributed by atoms with Crippen LogP contribution in [-0.4, -0.2) is 54.3 Å². The van der Waals surface area contributed by atoms with Gasteiger partial charge in [0.1, 0.15) is 0 Å². The van der Waals surface area contributed by atoms with Crippen LogP contribution in [-0.2, 0) is 4.74 Å². The Bertz CT molecular complexity index is 400. The highest BCUT2D eigenvalue weighted by Crippen LogP contribution is 2.17. The number of rotatable bonds is 4. The van der Waals surface area contributed by atoms with Gasteiger partial charge in [-0.25, -0.2) is 0 Å². The molecule has 0 saturated carbocycles. The first-order chi connectivity index (χ1) is 9.11. The first-order valence-electron chi connectivity index (χ1n) is 6.69. The Balaban J connectivity index is 2.23. The maximum Gasteiger partial charge on any atom is 0.232 e. The van der Waals surface area contributed by atoms with E-state index in [1.54, 1.807) is 0 Å². The fraction of sp³-hybridized carbons (Fsp3) is 0.750. The molecule has 106 valence electrons. The zero-order chi connectivity index (χ0) is 13.8. The SMILES string of the molecule is CCC(C)N(C)c1nc(N)nc(N2CCOCC2)n1. The Morgan fingerprint density at radius 1 is 1.32 bits per heavy atom. The molecule has 2 heterocycles. The van der Waals surface area contributed by atoms with E-state index < -0.39 is 0 Å². The zero-order valence-electron chi connectivity index (χ0n) is 11.8. The van der Waals surface area contributed by atoms with Crippen LogP contribution in [0.2, 0.25) is 0 Å². The lowest BCUT2D eigenvalue weighted by Crippen LogP contribution is -2.38. The van der Waals surface area contributed by atoms with E-state index >= 15 is 0 Å². The van der Waals surface area contributed by atoms with Crippen molar-refractivity contribution in [3.8, 4) is 0 Å². The second kappa shape index (κ2) is 6.01. The van der Waals surface area contributed by atoms with Gasteiger partial charge >= 0.3 is 0 Å². The van der Waals surface area contributed by atoms with Gasteiger partial charge in [0.05, 0.1) is 13.2 Å². The predicted molar refractivity (Wildman–Crippen MR) is 75.4 cm³/mol. The van der Waals surface area contributed by atoms with E-state index in [0.717, 1.165) is 19.5 Å². The molecule has 1 unspecified atom stereocenters. The number of nitrogens with zero attached hydrogens (tertiary/aromatic N) is 5. The maximum absolute atomic E-state index is 5.80. The van der Waals surface area contributed by atoms with Gasteiger partial charge in [-0.05, 0) is 13.3 Å². The molecule has 1 saturated heterocycles. The Morgan fingerprint density at radius 2 is 2.00 bits per heavy atom. The van der Waals surface area contributed by atoms with Crippen molar-refractivity contribution in [1.82, 2.24) is 15.0 Å². The standard InChI is InChI=1S/C12H22N6O/c1-4-9(2)17(3)11-14-10(13)15-12(16-11)18-5-7-19-8-6-18/h9H,4-8H2,1-3H3,(H2,13,14,15,16). The molecule has 2 rings (SSSR count). The Hall–Kier alpha value is -1.63. The lowest BCUT2D eigenvalue weighted by molar-refractivity contribution is 0.122. The van der Waals surface area contributed by atoms with Gasteiger partial charge in [0.25, 0.3) is 0 Å². The van der Waals surface area contributed by atoms with Crippen LogP contribution in [0.15, 0.2) is 0 Å². The molecule has 1 aliphatic rings. The van der Waals surface area contributed by atoms with Crippen molar-refractivity contribution in [2.75, 3.05) is 48.9 Å². The third-order valence-electron chi connectivity index (χ3n) is 3.49. The molecule has 1 fully saturated rings. The van der Waals surface area contributed by atoms with Crippen molar-refractivity contribution in [2.24, 2.45) is 0 Å². The van der Waals surface area contributed by atoms with Crippen molar-refractivity contribution in [3.63, 3.8) is 0 Å². The molecule has 0 radical (unpaired) electrons. The summed E-state index contributed by atoms with van der Waals surface area (Å²) in [5, 5.41) is 0. The van der Waals surface area contributed by atoms with E-state index in [-0.39, 0.29) is 5.95 Å². The van der Waals surface area contributed by atoms with E-state index in [0.29, 0.717) is 31.2 Å². The molecule has 7 nitrogen and oxygen atoms in total. The smallest absolute Gasteiger partial charge is 0.232 e.